The molecule has 0 unspecified atom stereocenters. The lowest BCUT2D eigenvalue weighted by molar-refractivity contribution is -0.139. The highest BCUT2D eigenvalue weighted by molar-refractivity contribution is 5.95. The van der Waals surface area contributed by atoms with E-state index in [1.165, 1.54) is 0 Å². The molecule has 0 amide bonds. The normalized spacial score (nSPS) is 50.3. The summed E-state index contributed by atoms with van der Waals surface area (Å²) >= 11 is 0. The second-order valence-electron chi connectivity index (χ2n) is 4.39. The summed E-state index contributed by atoms with van der Waals surface area (Å²) in [5.74, 6) is 2.30. The van der Waals surface area contributed by atoms with Crippen molar-refractivity contribution < 1.29 is 9.59 Å². The first-order chi connectivity index (χ1) is 5.79. The van der Waals surface area contributed by atoms with E-state index < -0.39 is 0 Å². The van der Waals surface area contributed by atoms with Crippen molar-refractivity contribution in [1.29, 1.82) is 0 Å². The van der Waals surface area contributed by atoms with Gasteiger partial charge in [-0.1, -0.05) is 0 Å². The molecule has 3 aliphatic rings. The Kier molecular flexibility index (Phi) is 1.12. The minimum absolute atomic E-state index is 0.171. The number of fused-ring (bicyclic) bond motifs is 4. The van der Waals surface area contributed by atoms with Gasteiger partial charge in [-0.3, -0.25) is 9.59 Å². The molecule has 3 saturated carbocycles. The molecule has 0 bridgehead atoms. The van der Waals surface area contributed by atoms with Gasteiger partial charge in [-0.25, -0.2) is 0 Å². The molecule has 64 valence electrons. The van der Waals surface area contributed by atoms with E-state index >= 15 is 0 Å². The molecule has 0 N–H and O–H groups in total. The standard InChI is InChI=1S/C10H12O2/c11-7-3-1-5-6-2-4-8(12)10(6)9(5)7/h5-6,9-10H,1-4H2/t5-,6-,9-,10+/m1/s1. The summed E-state index contributed by atoms with van der Waals surface area (Å²) in [4.78, 5) is 22.7. The van der Waals surface area contributed by atoms with Crippen molar-refractivity contribution in [3.8, 4) is 0 Å². The summed E-state index contributed by atoms with van der Waals surface area (Å²) in [7, 11) is 0. The van der Waals surface area contributed by atoms with E-state index in [4.69, 9.17) is 0 Å². The van der Waals surface area contributed by atoms with E-state index in [9.17, 15) is 9.59 Å². The molecular weight excluding hydrogens is 152 g/mol. The van der Waals surface area contributed by atoms with Crippen LogP contribution in [0.2, 0.25) is 0 Å². The van der Waals surface area contributed by atoms with Gasteiger partial charge in [0.2, 0.25) is 0 Å². The molecule has 4 atom stereocenters. The fourth-order valence-corrected chi connectivity index (χ4v) is 3.54. The number of hydrogen-bond donors (Lipinski definition) is 0. The van der Waals surface area contributed by atoms with Gasteiger partial charge in [-0.15, -0.1) is 0 Å². The van der Waals surface area contributed by atoms with Gasteiger partial charge < -0.3 is 0 Å². The highest BCUT2D eigenvalue weighted by atomic mass is 16.1. The van der Waals surface area contributed by atoms with Crippen molar-refractivity contribution in [2.45, 2.75) is 25.7 Å². The second-order valence-corrected chi connectivity index (χ2v) is 4.39. The topological polar surface area (TPSA) is 34.1 Å². The van der Waals surface area contributed by atoms with E-state index in [0.29, 0.717) is 23.4 Å². The van der Waals surface area contributed by atoms with Gasteiger partial charge in [-0.05, 0) is 24.7 Å². The van der Waals surface area contributed by atoms with Crippen LogP contribution in [0, 0.1) is 23.7 Å². The summed E-state index contributed by atoms with van der Waals surface area (Å²) in [5, 5.41) is 0. The Morgan fingerprint density at radius 2 is 1.25 bits per heavy atom. The molecule has 0 aromatic rings. The molecule has 3 fully saturated rings. The zero-order valence-electron chi connectivity index (χ0n) is 6.95. The fraction of sp³-hybridized carbons (Fsp3) is 0.800. The van der Waals surface area contributed by atoms with Gasteiger partial charge >= 0.3 is 0 Å². The molecule has 0 aromatic carbocycles. The first-order valence-electron chi connectivity index (χ1n) is 4.84. The molecule has 0 aliphatic heterocycles. The molecule has 12 heavy (non-hydrogen) atoms. The van der Waals surface area contributed by atoms with Gasteiger partial charge in [0, 0.05) is 24.7 Å². The minimum atomic E-state index is 0.171. The molecule has 0 heterocycles. The SMILES string of the molecule is O=C1CC[C@@H]2[C@H]3CCC(=O)[C@@H]3[C@H]12. The summed E-state index contributed by atoms with van der Waals surface area (Å²) < 4.78 is 0. The lowest BCUT2D eigenvalue weighted by Crippen LogP contribution is -2.46. The molecule has 2 nitrogen and oxygen atoms in total. The Bertz CT molecular complexity index is 241. The first-order valence-corrected chi connectivity index (χ1v) is 4.84. The summed E-state index contributed by atoms with van der Waals surface area (Å²) in [6.07, 6.45) is 3.63. The average Bonchev–Trinajstić information content (AvgIpc) is 2.41. The van der Waals surface area contributed by atoms with Gasteiger partial charge in [0.25, 0.3) is 0 Å². The van der Waals surface area contributed by atoms with Crippen molar-refractivity contribution >= 4 is 11.6 Å². The molecule has 2 heteroatoms. The van der Waals surface area contributed by atoms with Crippen molar-refractivity contribution in [3.63, 3.8) is 0 Å². The van der Waals surface area contributed by atoms with E-state index in [1.54, 1.807) is 0 Å². The van der Waals surface area contributed by atoms with Crippen LogP contribution in [0.5, 0.6) is 0 Å². The molecular formula is C10H12O2. The smallest absolute Gasteiger partial charge is 0.137 e. The third-order valence-corrected chi connectivity index (χ3v) is 4.05. The molecule has 0 spiro atoms. The minimum Gasteiger partial charge on any atom is -0.299 e. The Labute approximate surface area is 71.3 Å². The molecule has 0 aromatic heterocycles. The number of Topliss-reactive ketones (excluding diaryl/α,β-unsaturated/α-hetero) is 2. The summed E-state index contributed by atoms with van der Waals surface area (Å²) in [6, 6.07) is 0. The number of ketones is 2. The second kappa shape index (κ2) is 1.98. The van der Waals surface area contributed by atoms with Crippen molar-refractivity contribution in [2.75, 3.05) is 0 Å². The predicted octanol–water partition coefficient (Wildman–Crippen LogP) is 1.19. The van der Waals surface area contributed by atoms with Crippen LogP contribution < -0.4 is 0 Å². The van der Waals surface area contributed by atoms with Gasteiger partial charge in [0.1, 0.15) is 11.6 Å². The van der Waals surface area contributed by atoms with Crippen molar-refractivity contribution in [1.82, 2.24) is 0 Å². The van der Waals surface area contributed by atoms with Gasteiger partial charge in [-0.2, -0.15) is 0 Å². The lowest BCUT2D eigenvalue weighted by Gasteiger charge is -2.42. The third kappa shape index (κ3) is 0.584. The van der Waals surface area contributed by atoms with E-state index in [1.807, 2.05) is 0 Å². The zero-order chi connectivity index (χ0) is 8.29. The summed E-state index contributed by atoms with van der Waals surface area (Å²) in [5.41, 5.74) is 0. The Hall–Kier alpha value is -0.660. The highest BCUT2D eigenvalue weighted by Gasteiger charge is 2.61. The number of carbonyl (C=O) groups is 2. The van der Waals surface area contributed by atoms with Crippen LogP contribution in [0.3, 0.4) is 0 Å². The Balaban J connectivity index is 1.93. The van der Waals surface area contributed by atoms with E-state index in [-0.39, 0.29) is 11.8 Å². The lowest BCUT2D eigenvalue weighted by atomic mass is 9.59. The monoisotopic (exact) mass is 164 g/mol. The maximum atomic E-state index is 11.4. The number of hydrogen-bond acceptors (Lipinski definition) is 2. The zero-order valence-corrected chi connectivity index (χ0v) is 6.95. The summed E-state index contributed by atoms with van der Waals surface area (Å²) in [6.45, 7) is 0. The molecule has 3 aliphatic carbocycles. The van der Waals surface area contributed by atoms with E-state index in [2.05, 4.69) is 0 Å². The molecule has 3 rings (SSSR count). The maximum absolute atomic E-state index is 11.4. The number of rotatable bonds is 0. The van der Waals surface area contributed by atoms with Crippen LogP contribution in [0.1, 0.15) is 25.7 Å². The average molecular weight is 164 g/mol. The van der Waals surface area contributed by atoms with Gasteiger partial charge in [0.05, 0.1) is 0 Å². The fourth-order valence-electron chi connectivity index (χ4n) is 3.54. The van der Waals surface area contributed by atoms with Gasteiger partial charge in [0.15, 0.2) is 0 Å². The maximum Gasteiger partial charge on any atom is 0.137 e. The largest absolute Gasteiger partial charge is 0.299 e. The predicted molar refractivity (Wildman–Crippen MR) is 42.4 cm³/mol. The molecule has 0 radical (unpaired) electrons. The van der Waals surface area contributed by atoms with Crippen molar-refractivity contribution in [3.05, 3.63) is 0 Å². The van der Waals surface area contributed by atoms with Crippen LogP contribution in [-0.2, 0) is 9.59 Å². The van der Waals surface area contributed by atoms with Crippen LogP contribution >= 0.6 is 0 Å². The van der Waals surface area contributed by atoms with Crippen LogP contribution in [-0.4, -0.2) is 11.6 Å². The molecule has 0 saturated heterocycles. The Morgan fingerprint density at radius 1 is 0.833 bits per heavy atom. The van der Waals surface area contributed by atoms with E-state index in [0.717, 1.165) is 25.7 Å². The van der Waals surface area contributed by atoms with Crippen LogP contribution in [0.15, 0.2) is 0 Å². The van der Waals surface area contributed by atoms with Crippen molar-refractivity contribution in [2.24, 2.45) is 23.7 Å². The first kappa shape index (κ1) is 6.81. The van der Waals surface area contributed by atoms with Crippen LogP contribution in [0.4, 0.5) is 0 Å². The van der Waals surface area contributed by atoms with Crippen LogP contribution in [0.25, 0.3) is 0 Å². The third-order valence-electron chi connectivity index (χ3n) is 4.05. The Morgan fingerprint density at radius 3 is 1.67 bits per heavy atom. The highest BCUT2D eigenvalue weighted by Crippen LogP contribution is 2.59. The quantitative estimate of drug-likeness (QED) is 0.539. The number of carbonyl (C=O) groups excluding carboxylic acids is 2.